The number of ether oxygens (including phenoxy) is 1. The first kappa shape index (κ1) is 8.17. The van der Waals surface area contributed by atoms with Gasteiger partial charge in [-0.3, -0.25) is 0 Å². The van der Waals surface area contributed by atoms with Gasteiger partial charge in [-0.1, -0.05) is 0 Å². The maximum absolute atomic E-state index is 5.58. The molecule has 0 bridgehead atoms. The Morgan fingerprint density at radius 2 is 1.92 bits per heavy atom. The molecule has 0 amide bonds. The highest BCUT2D eigenvalue weighted by Gasteiger charge is 1.99. The van der Waals surface area contributed by atoms with E-state index >= 15 is 0 Å². The molecule has 0 aliphatic heterocycles. The van der Waals surface area contributed by atoms with E-state index in [4.69, 9.17) is 4.74 Å². The van der Waals surface area contributed by atoms with Gasteiger partial charge in [0.1, 0.15) is 5.75 Å². The molecule has 2 nitrogen and oxygen atoms in total. The minimum atomic E-state index is 0.233. The molecule has 1 N–H and O–H groups in total. The Labute approximate surface area is 77.5 Å². The lowest BCUT2D eigenvalue weighted by Crippen LogP contribution is -2.04. The number of hydrogen-bond donors (Lipinski definition) is 1. The minimum Gasteiger partial charge on any atom is -0.491 e. The predicted octanol–water partition coefficient (Wildman–Crippen LogP) is 2.96. The van der Waals surface area contributed by atoms with Crippen LogP contribution in [0.3, 0.4) is 0 Å². The number of hydrogen-bond acceptors (Lipinski definition) is 1. The van der Waals surface area contributed by atoms with Crippen molar-refractivity contribution >= 4 is 10.8 Å². The molecule has 1 aromatic carbocycles. The van der Waals surface area contributed by atoms with Crippen molar-refractivity contribution in [2.45, 2.75) is 20.0 Å². The van der Waals surface area contributed by atoms with Gasteiger partial charge in [0.05, 0.1) is 6.10 Å². The topological polar surface area (TPSA) is 25.0 Å². The Morgan fingerprint density at radius 1 is 1.15 bits per heavy atom. The molecule has 1 heterocycles. The summed E-state index contributed by atoms with van der Waals surface area (Å²) in [5.74, 6) is 0.933. The van der Waals surface area contributed by atoms with Gasteiger partial charge in [0.15, 0.2) is 0 Å². The van der Waals surface area contributed by atoms with Gasteiger partial charge >= 0.3 is 0 Å². The number of aromatic nitrogens is 1. The molecule has 68 valence electrons. The number of rotatable bonds is 2. The highest BCUT2D eigenvalue weighted by molar-refractivity contribution is 5.83. The molecule has 13 heavy (non-hydrogen) atoms. The molecule has 2 rings (SSSR count). The van der Waals surface area contributed by atoms with Crippen molar-refractivity contribution in [1.29, 1.82) is 0 Å². The smallest absolute Gasteiger partial charge is 0.120 e. The Kier molecular flexibility index (Phi) is 1.97. The van der Waals surface area contributed by atoms with Gasteiger partial charge in [0.25, 0.3) is 0 Å². The Bertz CT molecular complexity index is 403. The predicted molar refractivity (Wildman–Crippen MR) is 54.1 cm³/mol. The molecule has 0 radical (unpaired) electrons. The molecule has 0 saturated heterocycles. The number of H-pyrrole nitrogens is 1. The van der Waals surface area contributed by atoms with E-state index < -0.39 is 0 Å². The summed E-state index contributed by atoms with van der Waals surface area (Å²) < 4.78 is 5.58. The maximum Gasteiger partial charge on any atom is 0.120 e. The minimum absolute atomic E-state index is 0.233. The molecule has 0 aliphatic rings. The first-order valence-corrected chi connectivity index (χ1v) is 4.49. The summed E-state index contributed by atoms with van der Waals surface area (Å²) >= 11 is 0. The van der Waals surface area contributed by atoms with Crippen LogP contribution in [0.5, 0.6) is 5.75 Å². The van der Waals surface area contributed by atoms with Crippen LogP contribution >= 0.6 is 0 Å². The second-order valence-corrected chi connectivity index (χ2v) is 3.41. The average Bonchev–Trinajstić information content (AvgIpc) is 2.49. The average molecular weight is 175 g/mol. The van der Waals surface area contributed by atoms with E-state index in [1.54, 1.807) is 0 Å². The maximum atomic E-state index is 5.58. The monoisotopic (exact) mass is 175 g/mol. The fourth-order valence-corrected chi connectivity index (χ4v) is 1.38. The molecule has 0 atom stereocenters. The fourth-order valence-electron chi connectivity index (χ4n) is 1.38. The number of fused-ring (bicyclic) bond motifs is 1. The van der Waals surface area contributed by atoms with Gasteiger partial charge in [-0.15, -0.1) is 0 Å². The van der Waals surface area contributed by atoms with Crippen molar-refractivity contribution in [3.05, 3.63) is 30.6 Å². The third-order valence-electron chi connectivity index (χ3n) is 1.91. The second-order valence-electron chi connectivity index (χ2n) is 3.41. The highest BCUT2D eigenvalue weighted by Crippen LogP contribution is 2.20. The second kappa shape index (κ2) is 3.13. The summed E-state index contributed by atoms with van der Waals surface area (Å²) in [6.07, 6.45) is 4.19. The molecule has 0 fully saturated rings. The van der Waals surface area contributed by atoms with Gasteiger partial charge < -0.3 is 9.72 Å². The summed E-state index contributed by atoms with van der Waals surface area (Å²) in [7, 11) is 0. The molecule has 0 saturated carbocycles. The molecular weight excluding hydrogens is 162 g/mol. The molecule has 1 aromatic heterocycles. The van der Waals surface area contributed by atoms with E-state index in [1.165, 1.54) is 10.8 Å². The molecular formula is C11H13NO. The lowest BCUT2D eigenvalue weighted by molar-refractivity contribution is 0.243. The SMILES string of the molecule is CC(C)Oc1ccc2c[nH]cc2c1. The summed E-state index contributed by atoms with van der Waals surface area (Å²) in [4.78, 5) is 3.06. The summed E-state index contributed by atoms with van der Waals surface area (Å²) in [6.45, 7) is 4.06. The lowest BCUT2D eigenvalue weighted by atomic mass is 10.2. The van der Waals surface area contributed by atoms with Gasteiger partial charge in [-0.2, -0.15) is 0 Å². The van der Waals surface area contributed by atoms with Crippen molar-refractivity contribution in [3.8, 4) is 5.75 Å². The number of benzene rings is 1. The summed E-state index contributed by atoms with van der Waals surface area (Å²) in [6, 6.07) is 6.10. The van der Waals surface area contributed by atoms with Crippen LogP contribution in [0, 0.1) is 0 Å². The zero-order valence-electron chi connectivity index (χ0n) is 7.87. The quantitative estimate of drug-likeness (QED) is 0.745. The molecule has 0 aliphatic carbocycles. The zero-order valence-corrected chi connectivity index (χ0v) is 7.87. The van der Waals surface area contributed by atoms with Crippen LogP contribution in [0.25, 0.3) is 10.8 Å². The van der Waals surface area contributed by atoms with E-state index in [-0.39, 0.29) is 6.10 Å². The van der Waals surface area contributed by atoms with Crippen LogP contribution < -0.4 is 4.74 Å². The van der Waals surface area contributed by atoms with E-state index in [0.717, 1.165) is 5.75 Å². The first-order valence-electron chi connectivity index (χ1n) is 4.49. The molecule has 2 aromatic rings. The Balaban J connectivity index is 2.37. The third kappa shape index (κ3) is 1.66. The van der Waals surface area contributed by atoms with E-state index in [2.05, 4.69) is 11.1 Å². The summed E-state index contributed by atoms with van der Waals surface area (Å²) in [5.41, 5.74) is 0. The van der Waals surface area contributed by atoms with Crippen molar-refractivity contribution < 1.29 is 4.74 Å². The van der Waals surface area contributed by atoms with Crippen LogP contribution in [0.2, 0.25) is 0 Å². The normalized spacial score (nSPS) is 11.0. The zero-order chi connectivity index (χ0) is 9.26. The first-order chi connectivity index (χ1) is 6.25. The van der Waals surface area contributed by atoms with Crippen LogP contribution in [0.1, 0.15) is 13.8 Å². The molecule has 2 heteroatoms. The van der Waals surface area contributed by atoms with Gasteiger partial charge in [0.2, 0.25) is 0 Å². The van der Waals surface area contributed by atoms with Crippen LogP contribution in [-0.4, -0.2) is 11.1 Å². The summed E-state index contributed by atoms with van der Waals surface area (Å²) in [5, 5.41) is 2.41. The lowest BCUT2D eigenvalue weighted by Gasteiger charge is -2.08. The van der Waals surface area contributed by atoms with Gasteiger partial charge in [0, 0.05) is 17.8 Å². The van der Waals surface area contributed by atoms with Crippen molar-refractivity contribution in [3.63, 3.8) is 0 Å². The van der Waals surface area contributed by atoms with Crippen molar-refractivity contribution in [1.82, 2.24) is 4.98 Å². The van der Waals surface area contributed by atoms with E-state index in [1.807, 2.05) is 38.4 Å². The van der Waals surface area contributed by atoms with Crippen LogP contribution in [-0.2, 0) is 0 Å². The Hall–Kier alpha value is -1.44. The van der Waals surface area contributed by atoms with Crippen LogP contribution in [0.4, 0.5) is 0 Å². The third-order valence-corrected chi connectivity index (χ3v) is 1.91. The largest absolute Gasteiger partial charge is 0.491 e. The standard InChI is InChI=1S/C11H13NO/c1-8(2)13-11-4-3-9-6-12-7-10(9)5-11/h3-8,12H,1-2H3. The molecule has 0 unspecified atom stereocenters. The number of aromatic amines is 1. The molecule has 0 spiro atoms. The van der Waals surface area contributed by atoms with Crippen LogP contribution in [0.15, 0.2) is 30.6 Å². The van der Waals surface area contributed by atoms with Crippen molar-refractivity contribution in [2.75, 3.05) is 0 Å². The van der Waals surface area contributed by atoms with Gasteiger partial charge in [-0.25, -0.2) is 0 Å². The van der Waals surface area contributed by atoms with E-state index in [9.17, 15) is 0 Å². The van der Waals surface area contributed by atoms with Gasteiger partial charge in [-0.05, 0) is 37.4 Å². The fraction of sp³-hybridized carbons (Fsp3) is 0.273. The highest BCUT2D eigenvalue weighted by atomic mass is 16.5. The number of nitrogens with one attached hydrogen (secondary N) is 1. The Morgan fingerprint density at radius 3 is 2.69 bits per heavy atom. The van der Waals surface area contributed by atoms with E-state index in [0.29, 0.717) is 0 Å². The van der Waals surface area contributed by atoms with Crippen molar-refractivity contribution in [2.24, 2.45) is 0 Å².